The number of rotatable bonds is 2. The SMILES string of the molecule is COc1cc2c(cc1OC)C1c3cc(C)ccc3CNC1(C)CC2. The van der Waals surface area contributed by atoms with E-state index in [1.54, 1.807) is 14.2 Å². The van der Waals surface area contributed by atoms with Crippen LogP contribution in [0.25, 0.3) is 0 Å². The molecule has 0 saturated carbocycles. The summed E-state index contributed by atoms with van der Waals surface area (Å²) in [6.07, 6.45) is 2.20. The first-order chi connectivity index (χ1) is 11.6. The highest BCUT2D eigenvalue weighted by Gasteiger charge is 2.44. The molecule has 1 aliphatic heterocycles. The molecule has 2 aliphatic rings. The first kappa shape index (κ1) is 15.5. The lowest BCUT2D eigenvalue weighted by molar-refractivity contribution is 0.259. The molecule has 2 atom stereocenters. The summed E-state index contributed by atoms with van der Waals surface area (Å²) in [6, 6.07) is 11.2. The normalized spacial score (nSPS) is 24.6. The van der Waals surface area contributed by atoms with Crippen molar-refractivity contribution in [3.63, 3.8) is 0 Å². The van der Waals surface area contributed by atoms with E-state index >= 15 is 0 Å². The topological polar surface area (TPSA) is 30.5 Å². The third kappa shape index (κ3) is 2.22. The lowest BCUT2D eigenvalue weighted by Crippen LogP contribution is -2.53. The second kappa shape index (κ2) is 5.52. The van der Waals surface area contributed by atoms with Crippen LogP contribution in [0.5, 0.6) is 11.5 Å². The summed E-state index contributed by atoms with van der Waals surface area (Å²) in [5.41, 5.74) is 7.04. The van der Waals surface area contributed by atoms with Gasteiger partial charge in [0.05, 0.1) is 14.2 Å². The van der Waals surface area contributed by atoms with Gasteiger partial charge in [0.1, 0.15) is 0 Å². The molecular weight excluding hydrogens is 298 g/mol. The van der Waals surface area contributed by atoms with Gasteiger partial charge in [-0.1, -0.05) is 23.8 Å². The van der Waals surface area contributed by atoms with Crippen LogP contribution < -0.4 is 14.8 Å². The average molecular weight is 323 g/mol. The summed E-state index contributed by atoms with van der Waals surface area (Å²) in [5, 5.41) is 3.81. The van der Waals surface area contributed by atoms with Gasteiger partial charge < -0.3 is 14.8 Å². The fraction of sp³-hybridized carbons (Fsp3) is 0.429. The molecule has 0 saturated heterocycles. The van der Waals surface area contributed by atoms with Gasteiger partial charge in [-0.05, 0) is 61.1 Å². The van der Waals surface area contributed by atoms with Gasteiger partial charge >= 0.3 is 0 Å². The van der Waals surface area contributed by atoms with Crippen LogP contribution in [-0.2, 0) is 13.0 Å². The highest BCUT2D eigenvalue weighted by atomic mass is 16.5. The minimum Gasteiger partial charge on any atom is -0.493 e. The lowest BCUT2D eigenvalue weighted by atomic mass is 9.65. The number of aryl methyl sites for hydroxylation is 2. The van der Waals surface area contributed by atoms with Gasteiger partial charge in [-0.15, -0.1) is 0 Å². The second-order valence-corrected chi connectivity index (χ2v) is 7.31. The molecule has 1 N–H and O–H groups in total. The summed E-state index contributed by atoms with van der Waals surface area (Å²) < 4.78 is 11.1. The number of fused-ring (bicyclic) bond motifs is 5. The van der Waals surface area contributed by atoms with Crippen molar-refractivity contribution in [2.24, 2.45) is 0 Å². The molecule has 24 heavy (non-hydrogen) atoms. The maximum atomic E-state index is 5.58. The Morgan fingerprint density at radius 3 is 2.46 bits per heavy atom. The van der Waals surface area contributed by atoms with E-state index < -0.39 is 0 Å². The van der Waals surface area contributed by atoms with Crippen molar-refractivity contribution >= 4 is 0 Å². The van der Waals surface area contributed by atoms with Gasteiger partial charge in [0.2, 0.25) is 0 Å². The van der Waals surface area contributed by atoms with Crippen LogP contribution in [0, 0.1) is 6.92 Å². The van der Waals surface area contributed by atoms with Crippen molar-refractivity contribution in [2.45, 2.75) is 44.7 Å². The Balaban J connectivity index is 1.94. The molecule has 0 radical (unpaired) electrons. The zero-order valence-corrected chi connectivity index (χ0v) is 14.9. The van der Waals surface area contributed by atoms with E-state index in [4.69, 9.17) is 9.47 Å². The van der Waals surface area contributed by atoms with Crippen LogP contribution >= 0.6 is 0 Å². The Labute approximate surface area is 144 Å². The quantitative estimate of drug-likeness (QED) is 0.907. The highest BCUT2D eigenvalue weighted by Crippen LogP contribution is 2.49. The fourth-order valence-corrected chi connectivity index (χ4v) is 4.45. The Morgan fingerprint density at radius 2 is 1.71 bits per heavy atom. The first-order valence-electron chi connectivity index (χ1n) is 8.65. The minimum atomic E-state index is 0.0907. The predicted molar refractivity (Wildman–Crippen MR) is 96.1 cm³/mol. The Kier molecular flexibility index (Phi) is 3.57. The fourth-order valence-electron chi connectivity index (χ4n) is 4.45. The van der Waals surface area contributed by atoms with E-state index in [2.05, 4.69) is 49.5 Å². The van der Waals surface area contributed by atoms with Crippen LogP contribution in [0.4, 0.5) is 0 Å². The molecule has 3 heteroatoms. The van der Waals surface area contributed by atoms with Gasteiger partial charge in [0.25, 0.3) is 0 Å². The molecule has 0 fully saturated rings. The number of benzene rings is 2. The number of hydrogen-bond donors (Lipinski definition) is 1. The van der Waals surface area contributed by atoms with Gasteiger partial charge in [-0.25, -0.2) is 0 Å². The zero-order chi connectivity index (χ0) is 16.9. The number of nitrogens with one attached hydrogen (secondary N) is 1. The second-order valence-electron chi connectivity index (χ2n) is 7.31. The Hall–Kier alpha value is -2.00. The van der Waals surface area contributed by atoms with Crippen molar-refractivity contribution in [3.8, 4) is 11.5 Å². The van der Waals surface area contributed by atoms with E-state index in [1.807, 2.05) is 0 Å². The largest absolute Gasteiger partial charge is 0.493 e. The minimum absolute atomic E-state index is 0.0907. The van der Waals surface area contributed by atoms with E-state index in [0.717, 1.165) is 30.9 Å². The maximum absolute atomic E-state index is 5.58. The van der Waals surface area contributed by atoms with Crippen LogP contribution in [0.1, 0.15) is 47.1 Å². The van der Waals surface area contributed by atoms with Crippen LogP contribution in [0.15, 0.2) is 30.3 Å². The van der Waals surface area contributed by atoms with Crippen molar-refractivity contribution in [2.75, 3.05) is 14.2 Å². The third-order valence-electron chi connectivity index (χ3n) is 5.80. The molecule has 3 nitrogen and oxygen atoms in total. The summed E-state index contributed by atoms with van der Waals surface area (Å²) in [4.78, 5) is 0. The van der Waals surface area contributed by atoms with Crippen molar-refractivity contribution in [1.82, 2.24) is 5.32 Å². The standard InChI is InChI=1S/C21H25NO2/c1-13-5-6-15-12-22-21(2)8-7-14-10-18(23-3)19(24-4)11-17(14)20(21)16(15)9-13/h5-6,9-11,20,22H,7-8,12H2,1-4H3. The van der Waals surface area contributed by atoms with Crippen molar-refractivity contribution in [3.05, 3.63) is 58.1 Å². The summed E-state index contributed by atoms with van der Waals surface area (Å²) in [6.45, 7) is 5.49. The van der Waals surface area contributed by atoms with E-state index in [1.165, 1.54) is 27.8 Å². The molecule has 1 heterocycles. The summed E-state index contributed by atoms with van der Waals surface area (Å²) in [7, 11) is 3.42. The van der Waals surface area contributed by atoms with Gasteiger partial charge in [0.15, 0.2) is 11.5 Å². The molecule has 0 amide bonds. The monoisotopic (exact) mass is 323 g/mol. The smallest absolute Gasteiger partial charge is 0.161 e. The first-order valence-corrected chi connectivity index (χ1v) is 8.65. The molecule has 4 rings (SSSR count). The maximum Gasteiger partial charge on any atom is 0.161 e. The molecule has 0 bridgehead atoms. The molecule has 2 aromatic rings. The van der Waals surface area contributed by atoms with E-state index in [9.17, 15) is 0 Å². The van der Waals surface area contributed by atoms with E-state index in [-0.39, 0.29) is 5.54 Å². The Bertz CT molecular complexity index is 799. The number of hydrogen-bond acceptors (Lipinski definition) is 3. The van der Waals surface area contributed by atoms with Crippen LogP contribution in [0.3, 0.4) is 0 Å². The van der Waals surface area contributed by atoms with Crippen LogP contribution in [0.2, 0.25) is 0 Å². The number of methoxy groups -OCH3 is 2. The lowest BCUT2D eigenvalue weighted by Gasteiger charge is -2.48. The van der Waals surface area contributed by atoms with Crippen molar-refractivity contribution in [1.29, 1.82) is 0 Å². The zero-order valence-electron chi connectivity index (χ0n) is 14.9. The Morgan fingerprint density at radius 1 is 1.00 bits per heavy atom. The third-order valence-corrected chi connectivity index (χ3v) is 5.80. The molecule has 0 spiro atoms. The number of ether oxygens (including phenoxy) is 2. The summed E-state index contributed by atoms with van der Waals surface area (Å²) >= 11 is 0. The molecule has 1 aliphatic carbocycles. The van der Waals surface area contributed by atoms with Gasteiger partial charge in [-0.3, -0.25) is 0 Å². The van der Waals surface area contributed by atoms with Crippen molar-refractivity contribution < 1.29 is 9.47 Å². The van der Waals surface area contributed by atoms with Crippen LogP contribution in [-0.4, -0.2) is 19.8 Å². The van der Waals surface area contributed by atoms with Gasteiger partial charge in [0, 0.05) is 18.0 Å². The van der Waals surface area contributed by atoms with E-state index in [0.29, 0.717) is 5.92 Å². The molecular formula is C21H25NO2. The highest BCUT2D eigenvalue weighted by molar-refractivity contribution is 5.55. The average Bonchev–Trinajstić information content (AvgIpc) is 2.59. The predicted octanol–water partition coefficient (Wildman–Crippen LogP) is 3.95. The molecule has 0 aromatic heterocycles. The molecule has 2 aromatic carbocycles. The molecule has 126 valence electrons. The molecule has 2 unspecified atom stereocenters. The summed E-state index contributed by atoms with van der Waals surface area (Å²) in [5.74, 6) is 2.00. The van der Waals surface area contributed by atoms with Gasteiger partial charge in [-0.2, -0.15) is 0 Å².